The number of hydrogen-bond acceptors (Lipinski definition) is 4. The van der Waals surface area contributed by atoms with Crippen LogP contribution in [0, 0.1) is 0 Å². The maximum atomic E-state index is 13.3. The Morgan fingerprint density at radius 2 is 1.69 bits per heavy atom. The molecule has 36 heavy (non-hydrogen) atoms. The Kier molecular flexibility index (Phi) is 6.66. The number of hydrogen-bond donors (Lipinski definition) is 2. The molecule has 1 aliphatic heterocycles. The number of carbonyl (C=O) groups is 4. The highest BCUT2D eigenvalue weighted by Crippen LogP contribution is 2.28. The van der Waals surface area contributed by atoms with Gasteiger partial charge in [-0.1, -0.05) is 67.8 Å². The Morgan fingerprint density at radius 3 is 2.47 bits per heavy atom. The summed E-state index contributed by atoms with van der Waals surface area (Å²) in [4.78, 5) is 52.4. The second-order valence-corrected chi connectivity index (χ2v) is 9.28. The molecule has 1 aromatic heterocycles. The Morgan fingerprint density at radius 1 is 0.972 bits per heavy atom. The second-order valence-electron chi connectivity index (χ2n) is 9.28. The Balaban J connectivity index is 1.41. The first-order chi connectivity index (χ1) is 17.5. The second kappa shape index (κ2) is 10.2. The van der Waals surface area contributed by atoms with Gasteiger partial charge in [0, 0.05) is 35.2 Å². The van der Waals surface area contributed by atoms with Gasteiger partial charge in [-0.3, -0.25) is 24.6 Å². The van der Waals surface area contributed by atoms with Crippen LogP contribution in [-0.2, 0) is 27.5 Å². The van der Waals surface area contributed by atoms with Crippen molar-refractivity contribution >= 4 is 40.7 Å². The van der Waals surface area contributed by atoms with E-state index in [0.717, 1.165) is 48.6 Å². The van der Waals surface area contributed by atoms with Gasteiger partial charge in [0.15, 0.2) is 0 Å². The van der Waals surface area contributed by atoms with Crippen LogP contribution in [0.5, 0.6) is 0 Å². The fourth-order valence-corrected chi connectivity index (χ4v) is 5.03. The van der Waals surface area contributed by atoms with Crippen LogP contribution in [0.1, 0.15) is 43.2 Å². The molecule has 2 aliphatic rings. The number of aromatic nitrogens is 1. The minimum atomic E-state index is -0.700. The van der Waals surface area contributed by atoms with Crippen LogP contribution in [0.2, 0.25) is 0 Å². The van der Waals surface area contributed by atoms with Gasteiger partial charge in [-0.05, 0) is 30.5 Å². The summed E-state index contributed by atoms with van der Waals surface area (Å²) in [5.41, 5.74) is 2.38. The Hall–Kier alpha value is -4.20. The molecule has 5 rings (SSSR count). The van der Waals surface area contributed by atoms with Crippen LogP contribution >= 0.6 is 0 Å². The predicted octanol–water partition coefficient (Wildman–Crippen LogP) is 3.75. The van der Waals surface area contributed by atoms with E-state index in [-0.39, 0.29) is 24.1 Å². The van der Waals surface area contributed by atoms with Crippen molar-refractivity contribution in [2.75, 3.05) is 0 Å². The summed E-state index contributed by atoms with van der Waals surface area (Å²) in [5, 5.41) is 6.07. The first-order valence-electron chi connectivity index (χ1n) is 12.3. The molecule has 1 saturated heterocycles. The van der Waals surface area contributed by atoms with E-state index in [9.17, 15) is 19.2 Å². The van der Waals surface area contributed by atoms with Gasteiger partial charge in [0.25, 0.3) is 11.8 Å². The first kappa shape index (κ1) is 23.5. The zero-order chi connectivity index (χ0) is 25.1. The molecule has 0 spiro atoms. The molecule has 1 saturated carbocycles. The lowest BCUT2D eigenvalue weighted by Crippen LogP contribution is -2.58. The molecule has 5 amide bonds. The predicted molar refractivity (Wildman–Crippen MR) is 135 cm³/mol. The van der Waals surface area contributed by atoms with Crippen molar-refractivity contribution in [2.24, 2.45) is 0 Å². The molecule has 0 unspecified atom stereocenters. The lowest BCUT2D eigenvalue weighted by molar-refractivity contribution is -0.132. The van der Waals surface area contributed by atoms with E-state index >= 15 is 0 Å². The fraction of sp³-hybridized carbons (Fsp3) is 0.286. The SMILES string of the molecule is O=C(Cn1cc(/C=C2\C(=O)NC(=O)N(C3CCCCC3)C2=O)c2ccccc21)NCc1ccccc1. The first-order valence-corrected chi connectivity index (χ1v) is 12.3. The topological polar surface area (TPSA) is 101 Å². The van der Waals surface area contributed by atoms with Gasteiger partial charge in [0.05, 0.1) is 0 Å². The van der Waals surface area contributed by atoms with E-state index in [1.807, 2.05) is 54.6 Å². The third kappa shape index (κ3) is 4.79. The van der Waals surface area contributed by atoms with Gasteiger partial charge in [-0.2, -0.15) is 0 Å². The highest BCUT2D eigenvalue weighted by atomic mass is 16.2. The van der Waals surface area contributed by atoms with Crippen molar-refractivity contribution < 1.29 is 19.2 Å². The van der Waals surface area contributed by atoms with Crippen molar-refractivity contribution in [3.8, 4) is 0 Å². The largest absolute Gasteiger partial charge is 0.350 e. The molecule has 0 atom stereocenters. The molecule has 3 aromatic rings. The third-order valence-corrected chi connectivity index (χ3v) is 6.84. The van der Waals surface area contributed by atoms with Crippen molar-refractivity contribution in [3.63, 3.8) is 0 Å². The number of para-hydroxylation sites is 1. The number of amides is 5. The van der Waals surface area contributed by atoms with Crippen LogP contribution in [0.4, 0.5) is 4.79 Å². The zero-order valence-corrected chi connectivity index (χ0v) is 19.9. The molecule has 2 N–H and O–H groups in total. The summed E-state index contributed by atoms with van der Waals surface area (Å²) in [6, 6.07) is 16.3. The molecular weight excluding hydrogens is 456 g/mol. The van der Waals surface area contributed by atoms with E-state index in [0.29, 0.717) is 12.1 Å². The van der Waals surface area contributed by atoms with Gasteiger partial charge in [0.1, 0.15) is 12.1 Å². The summed E-state index contributed by atoms with van der Waals surface area (Å²) in [7, 11) is 0. The van der Waals surface area contributed by atoms with E-state index in [1.165, 1.54) is 11.0 Å². The van der Waals surface area contributed by atoms with Gasteiger partial charge in [0.2, 0.25) is 5.91 Å². The minimum absolute atomic E-state index is 0.0726. The number of barbiturate groups is 1. The minimum Gasteiger partial charge on any atom is -0.350 e. The molecule has 8 nitrogen and oxygen atoms in total. The number of imide groups is 2. The average molecular weight is 485 g/mol. The summed E-state index contributed by atoms with van der Waals surface area (Å²) in [5.74, 6) is -1.41. The number of rotatable bonds is 6. The maximum absolute atomic E-state index is 13.3. The summed E-state index contributed by atoms with van der Waals surface area (Å²) in [6.45, 7) is 0.513. The molecule has 2 fully saturated rings. The van der Waals surface area contributed by atoms with E-state index < -0.39 is 17.8 Å². The van der Waals surface area contributed by atoms with Gasteiger partial charge >= 0.3 is 6.03 Å². The quantitative estimate of drug-likeness (QED) is 0.411. The number of carbonyl (C=O) groups excluding carboxylic acids is 4. The Bertz CT molecular complexity index is 1350. The van der Waals surface area contributed by atoms with Gasteiger partial charge < -0.3 is 9.88 Å². The van der Waals surface area contributed by atoms with E-state index in [1.54, 1.807) is 10.8 Å². The molecule has 184 valence electrons. The number of urea groups is 1. The lowest BCUT2D eigenvalue weighted by atomic mass is 9.93. The van der Waals surface area contributed by atoms with Gasteiger partial charge in [-0.15, -0.1) is 0 Å². The molecule has 2 heterocycles. The third-order valence-electron chi connectivity index (χ3n) is 6.84. The normalized spacial score (nSPS) is 18.1. The van der Waals surface area contributed by atoms with Crippen LogP contribution in [0.3, 0.4) is 0 Å². The highest BCUT2D eigenvalue weighted by molar-refractivity contribution is 6.31. The Labute approximate surface area is 209 Å². The molecule has 2 aromatic carbocycles. The zero-order valence-electron chi connectivity index (χ0n) is 19.9. The van der Waals surface area contributed by atoms with E-state index in [4.69, 9.17) is 0 Å². The maximum Gasteiger partial charge on any atom is 0.331 e. The summed E-state index contributed by atoms with van der Waals surface area (Å²) in [6.07, 6.45) is 7.78. The highest BCUT2D eigenvalue weighted by Gasteiger charge is 2.40. The van der Waals surface area contributed by atoms with Crippen LogP contribution in [0.15, 0.2) is 66.4 Å². The number of benzene rings is 2. The fourth-order valence-electron chi connectivity index (χ4n) is 5.03. The summed E-state index contributed by atoms with van der Waals surface area (Å²) < 4.78 is 1.80. The molecular formula is C28H28N4O4. The number of nitrogens with zero attached hydrogens (tertiary/aromatic N) is 2. The summed E-state index contributed by atoms with van der Waals surface area (Å²) >= 11 is 0. The molecule has 0 radical (unpaired) electrons. The van der Waals surface area contributed by atoms with Crippen LogP contribution in [-0.4, -0.2) is 39.3 Å². The smallest absolute Gasteiger partial charge is 0.331 e. The van der Waals surface area contributed by atoms with Crippen LogP contribution in [0.25, 0.3) is 17.0 Å². The van der Waals surface area contributed by atoms with Crippen molar-refractivity contribution in [2.45, 2.75) is 51.2 Å². The molecule has 1 aliphatic carbocycles. The average Bonchev–Trinajstić information content (AvgIpc) is 3.23. The van der Waals surface area contributed by atoms with Crippen molar-refractivity contribution in [1.82, 2.24) is 20.1 Å². The lowest BCUT2D eigenvalue weighted by Gasteiger charge is -2.35. The van der Waals surface area contributed by atoms with Crippen molar-refractivity contribution in [1.29, 1.82) is 0 Å². The molecule has 0 bridgehead atoms. The monoisotopic (exact) mass is 484 g/mol. The van der Waals surface area contributed by atoms with E-state index in [2.05, 4.69) is 10.6 Å². The molecule has 8 heteroatoms. The number of nitrogens with one attached hydrogen (secondary N) is 2. The van der Waals surface area contributed by atoms with Crippen molar-refractivity contribution in [3.05, 3.63) is 77.5 Å². The van der Waals surface area contributed by atoms with Gasteiger partial charge in [-0.25, -0.2) is 4.79 Å². The standard InChI is InChI=1S/C28H28N4O4/c33-25(29-16-19-9-3-1-4-10-19)18-31-17-20(22-13-7-8-14-24(22)31)15-23-26(34)30-28(36)32(27(23)35)21-11-5-2-6-12-21/h1,3-4,7-10,13-15,17,21H,2,5-6,11-12,16,18H2,(H,29,33)(H,30,34,36)/b23-15+. The number of fused-ring (bicyclic) bond motifs is 1. The van der Waals surface area contributed by atoms with Crippen LogP contribution < -0.4 is 10.6 Å².